The van der Waals surface area contributed by atoms with Crippen LogP contribution in [0.5, 0.6) is 0 Å². The third-order valence-corrected chi connectivity index (χ3v) is 3.57. The van der Waals surface area contributed by atoms with Gasteiger partial charge in [0.15, 0.2) is 0 Å². The number of hydrogen-bond acceptors (Lipinski definition) is 3. The summed E-state index contributed by atoms with van der Waals surface area (Å²) in [7, 11) is 2.15. The normalized spacial score (nSPS) is 10.9. The first-order valence-corrected chi connectivity index (χ1v) is 6.77. The van der Waals surface area contributed by atoms with Gasteiger partial charge < -0.3 is 9.69 Å². The van der Waals surface area contributed by atoms with Crippen molar-refractivity contribution in [1.29, 1.82) is 0 Å². The zero-order chi connectivity index (χ0) is 11.8. The van der Waals surface area contributed by atoms with Crippen molar-refractivity contribution in [2.75, 3.05) is 20.1 Å². The molecule has 0 atom stereocenters. The van der Waals surface area contributed by atoms with Crippen molar-refractivity contribution in [3.05, 3.63) is 22.4 Å². The Morgan fingerprint density at radius 3 is 2.81 bits per heavy atom. The molecule has 0 spiro atoms. The summed E-state index contributed by atoms with van der Waals surface area (Å²) in [5.41, 5.74) is 0. The second kappa shape index (κ2) is 7.58. The molecule has 0 N–H and O–H groups in total. The zero-order valence-electron chi connectivity index (χ0n) is 10.2. The molecule has 0 saturated carbocycles. The first-order valence-electron chi connectivity index (χ1n) is 5.89. The van der Waals surface area contributed by atoms with Crippen molar-refractivity contribution in [3.63, 3.8) is 0 Å². The van der Waals surface area contributed by atoms with Crippen LogP contribution in [0.15, 0.2) is 17.5 Å². The summed E-state index contributed by atoms with van der Waals surface area (Å²) in [6.07, 6.45) is 4.03. The molecule has 0 aliphatic heterocycles. The third kappa shape index (κ3) is 6.03. The van der Waals surface area contributed by atoms with Crippen LogP contribution < -0.4 is 0 Å². The van der Waals surface area contributed by atoms with Crippen LogP contribution in [0.3, 0.4) is 0 Å². The Morgan fingerprint density at radius 2 is 2.19 bits per heavy atom. The number of carbonyl (C=O) groups is 1. The van der Waals surface area contributed by atoms with Gasteiger partial charge in [-0.2, -0.15) is 0 Å². The number of carbonyl (C=O) groups excluding carboxylic acids is 1. The number of rotatable bonds is 8. The molecule has 1 heterocycles. The fourth-order valence-corrected chi connectivity index (χ4v) is 2.32. The lowest BCUT2D eigenvalue weighted by Crippen LogP contribution is -2.22. The van der Waals surface area contributed by atoms with Gasteiger partial charge in [0.05, 0.1) is 0 Å². The summed E-state index contributed by atoms with van der Waals surface area (Å²) in [4.78, 5) is 14.6. The van der Waals surface area contributed by atoms with Crippen LogP contribution in [-0.2, 0) is 11.2 Å². The molecule has 0 aliphatic carbocycles. The number of likely N-dealkylation sites (N-methyl/N-ethyl adjacent to an activating group) is 1. The number of Topliss-reactive ketones (excluding diaryl/α,β-unsaturated/α-hetero) is 1. The van der Waals surface area contributed by atoms with E-state index in [1.54, 1.807) is 6.92 Å². The maximum absolute atomic E-state index is 10.8. The van der Waals surface area contributed by atoms with Gasteiger partial charge in [-0.25, -0.2) is 0 Å². The molecule has 3 heteroatoms. The van der Waals surface area contributed by atoms with E-state index in [4.69, 9.17) is 0 Å². The minimum atomic E-state index is 0.307. The molecule has 1 rings (SSSR count). The van der Waals surface area contributed by atoms with Gasteiger partial charge in [0, 0.05) is 17.8 Å². The van der Waals surface area contributed by atoms with Crippen molar-refractivity contribution in [2.45, 2.75) is 32.6 Å². The molecule has 0 aromatic carbocycles. The minimum absolute atomic E-state index is 0.307. The number of thiophene rings is 1. The predicted molar refractivity (Wildman–Crippen MR) is 70.1 cm³/mol. The van der Waals surface area contributed by atoms with E-state index in [2.05, 4.69) is 29.5 Å². The molecular weight excluding hydrogens is 218 g/mol. The van der Waals surface area contributed by atoms with Crippen LogP contribution in [0.1, 0.15) is 31.1 Å². The van der Waals surface area contributed by atoms with Crippen LogP contribution in [0, 0.1) is 0 Å². The molecule has 90 valence electrons. The Labute approximate surface area is 102 Å². The molecule has 0 bridgehead atoms. The largest absolute Gasteiger partial charge is 0.306 e. The lowest BCUT2D eigenvalue weighted by molar-refractivity contribution is -0.117. The minimum Gasteiger partial charge on any atom is -0.306 e. The molecule has 0 fully saturated rings. The maximum Gasteiger partial charge on any atom is 0.129 e. The van der Waals surface area contributed by atoms with Gasteiger partial charge >= 0.3 is 0 Å². The SMILES string of the molecule is CC(=O)CCCCN(C)CCc1cccs1. The zero-order valence-corrected chi connectivity index (χ0v) is 11.1. The quantitative estimate of drug-likeness (QED) is 0.650. The Morgan fingerprint density at radius 1 is 1.38 bits per heavy atom. The Bertz CT molecular complexity index is 295. The third-order valence-electron chi connectivity index (χ3n) is 2.64. The smallest absolute Gasteiger partial charge is 0.129 e. The van der Waals surface area contributed by atoms with Crippen molar-refractivity contribution in [1.82, 2.24) is 4.90 Å². The average molecular weight is 239 g/mol. The van der Waals surface area contributed by atoms with Crippen LogP contribution in [0.4, 0.5) is 0 Å². The Hall–Kier alpha value is -0.670. The van der Waals surface area contributed by atoms with E-state index in [1.165, 1.54) is 4.88 Å². The van der Waals surface area contributed by atoms with Crippen molar-refractivity contribution in [2.24, 2.45) is 0 Å². The number of nitrogens with zero attached hydrogens (tertiary/aromatic N) is 1. The first kappa shape index (κ1) is 13.4. The van der Waals surface area contributed by atoms with E-state index in [0.29, 0.717) is 5.78 Å². The highest BCUT2D eigenvalue weighted by Gasteiger charge is 2.00. The molecule has 2 nitrogen and oxygen atoms in total. The number of hydrogen-bond donors (Lipinski definition) is 0. The van der Waals surface area contributed by atoms with Crippen molar-refractivity contribution >= 4 is 17.1 Å². The fraction of sp³-hybridized carbons (Fsp3) is 0.615. The predicted octanol–water partition coefficient (Wildman–Crippen LogP) is 2.98. The first-order chi connectivity index (χ1) is 7.68. The topological polar surface area (TPSA) is 20.3 Å². The van der Waals surface area contributed by atoms with E-state index in [0.717, 1.165) is 38.8 Å². The molecule has 0 amide bonds. The molecule has 0 aliphatic rings. The molecule has 0 saturated heterocycles. The molecule has 16 heavy (non-hydrogen) atoms. The van der Waals surface area contributed by atoms with E-state index in [9.17, 15) is 4.79 Å². The molecular formula is C13H21NOS. The van der Waals surface area contributed by atoms with E-state index >= 15 is 0 Å². The van der Waals surface area contributed by atoms with Gasteiger partial charge in [0.2, 0.25) is 0 Å². The summed E-state index contributed by atoms with van der Waals surface area (Å²) in [5.74, 6) is 0.307. The van der Waals surface area contributed by atoms with Gasteiger partial charge in [-0.15, -0.1) is 11.3 Å². The second-order valence-corrected chi connectivity index (χ2v) is 5.32. The second-order valence-electron chi connectivity index (χ2n) is 4.29. The Kier molecular flexibility index (Phi) is 6.34. The molecule has 0 radical (unpaired) electrons. The number of unbranched alkanes of at least 4 members (excludes halogenated alkanes) is 1. The van der Waals surface area contributed by atoms with Gasteiger partial charge in [-0.3, -0.25) is 0 Å². The van der Waals surface area contributed by atoms with Crippen LogP contribution in [0.2, 0.25) is 0 Å². The van der Waals surface area contributed by atoms with Gasteiger partial charge in [-0.1, -0.05) is 6.07 Å². The molecule has 1 aromatic rings. The highest BCUT2D eigenvalue weighted by atomic mass is 32.1. The Balaban J connectivity index is 2.02. The van der Waals surface area contributed by atoms with Gasteiger partial charge in [0.1, 0.15) is 5.78 Å². The van der Waals surface area contributed by atoms with Crippen molar-refractivity contribution < 1.29 is 4.79 Å². The monoisotopic (exact) mass is 239 g/mol. The molecule has 1 aromatic heterocycles. The standard InChI is InChI=1S/C13H21NOS/c1-12(15)6-3-4-9-14(2)10-8-13-7-5-11-16-13/h5,7,11H,3-4,6,8-10H2,1-2H3. The van der Waals surface area contributed by atoms with Crippen LogP contribution >= 0.6 is 11.3 Å². The van der Waals surface area contributed by atoms with E-state index in [-0.39, 0.29) is 0 Å². The highest BCUT2D eigenvalue weighted by Crippen LogP contribution is 2.09. The lowest BCUT2D eigenvalue weighted by Gasteiger charge is -2.15. The summed E-state index contributed by atoms with van der Waals surface area (Å²) < 4.78 is 0. The van der Waals surface area contributed by atoms with E-state index < -0.39 is 0 Å². The highest BCUT2D eigenvalue weighted by molar-refractivity contribution is 7.09. The van der Waals surface area contributed by atoms with Crippen molar-refractivity contribution in [3.8, 4) is 0 Å². The summed E-state index contributed by atoms with van der Waals surface area (Å²) >= 11 is 1.83. The van der Waals surface area contributed by atoms with Crippen LogP contribution in [0.25, 0.3) is 0 Å². The summed E-state index contributed by atoms with van der Waals surface area (Å²) in [5, 5.41) is 2.13. The van der Waals surface area contributed by atoms with Gasteiger partial charge in [0.25, 0.3) is 0 Å². The molecule has 0 unspecified atom stereocenters. The van der Waals surface area contributed by atoms with Gasteiger partial charge in [-0.05, 0) is 51.2 Å². The fourth-order valence-electron chi connectivity index (χ4n) is 1.62. The summed E-state index contributed by atoms with van der Waals surface area (Å²) in [6.45, 7) is 3.87. The summed E-state index contributed by atoms with van der Waals surface area (Å²) in [6, 6.07) is 4.29. The maximum atomic E-state index is 10.8. The lowest BCUT2D eigenvalue weighted by atomic mass is 10.2. The average Bonchev–Trinajstić information content (AvgIpc) is 2.74. The van der Waals surface area contributed by atoms with Crippen LogP contribution in [-0.4, -0.2) is 30.8 Å². The number of ketones is 1. The van der Waals surface area contributed by atoms with E-state index in [1.807, 2.05) is 11.3 Å².